The van der Waals surface area contributed by atoms with Gasteiger partial charge in [-0.2, -0.15) is 0 Å². The Hall–Kier alpha value is -5.52. The van der Waals surface area contributed by atoms with E-state index < -0.39 is 6.10 Å². The van der Waals surface area contributed by atoms with Gasteiger partial charge in [0.2, 0.25) is 0 Å². The van der Waals surface area contributed by atoms with Crippen LogP contribution in [-0.4, -0.2) is 36.4 Å². The van der Waals surface area contributed by atoms with E-state index in [2.05, 4.69) is 220 Å². The van der Waals surface area contributed by atoms with Crippen molar-refractivity contribution in [1.82, 2.24) is 0 Å². The van der Waals surface area contributed by atoms with Crippen molar-refractivity contribution in [2.45, 2.75) is 315 Å². The van der Waals surface area contributed by atoms with Gasteiger partial charge in [-0.1, -0.05) is 355 Å². The molecule has 0 aliphatic rings. The summed E-state index contributed by atoms with van der Waals surface area (Å²) in [5, 5.41) is 9.71. The van der Waals surface area contributed by atoms with Crippen molar-refractivity contribution >= 4 is 11.9 Å². The topological polar surface area (TPSA) is 72.8 Å². The highest BCUT2D eigenvalue weighted by Crippen LogP contribution is 2.17. The van der Waals surface area contributed by atoms with E-state index in [0.29, 0.717) is 12.8 Å². The molecule has 92 heavy (non-hydrogen) atoms. The summed E-state index contributed by atoms with van der Waals surface area (Å²) in [6, 6.07) is 0. The molecule has 0 saturated carbocycles. The Kier molecular flexibility index (Phi) is 74.9. The minimum absolute atomic E-state index is 0.0856. The fourth-order valence-electron chi connectivity index (χ4n) is 10.0. The van der Waals surface area contributed by atoms with E-state index in [9.17, 15) is 14.7 Å². The monoisotopic (exact) mass is 1260 g/mol. The zero-order valence-electron chi connectivity index (χ0n) is 59.2. The van der Waals surface area contributed by atoms with Crippen molar-refractivity contribution in [3.8, 4) is 0 Å². The van der Waals surface area contributed by atoms with Gasteiger partial charge in [-0.3, -0.25) is 9.59 Å². The van der Waals surface area contributed by atoms with Crippen LogP contribution in [0.4, 0.5) is 0 Å². The molecule has 0 heterocycles. The smallest absolute Gasteiger partial charge is 0.306 e. The molecule has 0 fully saturated rings. The van der Waals surface area contributed by atoms with Gasteiger partial charge in [-0.05, 0) is 148 Å². The van der Waals surface area contributed by atoms with Gasteiger partial charge in [0.15, 0.2) is 6.10 Å². The quantitative estimate of drug-likeness (QED) is 0.0373. The van der Waals surface area contributed by atoms with E-state index in [-0.39, 0.29) is 25.2 Å². The van der Waals surface area contributed by atoms with Crippen molar-refractivity contribution in [3.05, 3.63) is 207 Å². The van der Waals surface area contributed by atoms with E-state index in [1.165, 1.54) is 122 Å². The maximum absolute atomic E-state index is 12.4. The Balaban J connectivity index is 3.58. The first-order valence-electron chi connectivity index (χ1n) is 37.6. The molecule has 5 nitrogen and oxygen atoms in total. The summed E-state index contributed by atoms with van der Waals surface area (Å²) in [5.41, 5.74) is 0. The fraction of sp³-hybridized carbons (Fsp3) is 0.586. The minimum Gasteiger partial charge on any atom is -0.462 e. The highest BCUT2D eigenvalue weighted by molar-refractivity contribution is 5.70. The zero-order chi connectivity index (χ0) is 66.1. The Bertz CT molecular complexity index is 2120. The highest BCUT2D eigenvalue weighted by atomic mass is 16.6. The molecule has 0 saturated heterocycles. The maximum atomic E-state index is 12.4. The van der Waals surface area contributed by atoms with Crippen LogP contribution >= 0.6 is 0 Å². The van der Waals surface area contributed by atoms with Crippen molar-refractivity contribution in [3.63, 3.8) is 0 Å². The molecule has 0 aliphatic heterocycles. The molecule has 0 bridgehead atoms. The first-order chi connectivity index (χ1) is 45.6. The molecular weight excluding hydrogens is 1120 g/mol. The third kappa shape index (κ3) is 76.9. The number of carbonyl (C=O) groups excluding carboxylic acids is 2. The predicted octanol–water partition coefficient (Wildman–Crippen LogP) is 26.9. The second-order valence-electron chi connectivity index (χ2n) is 24.3. The predicted molar refractivity (Wildman–Crippen MR) is 407 cm³/mol. The Morgan fingerprint density at radius 3 is 0.652 bits per heavy atom. The number of allylic oxidation sites excluding steroid dienone is 34. The van der Waals surface area contributed by atoms with Crippen molar-refractivity contribution < 1.29 is 24.2 Å². The van der Waals surface area contributed by atoms with Crippen LogP contribution in [0.25, 0.3) is 0 Å². The number of unbranched alkanes of at least 4 members (excludes halogenated alkanes) is 25. The van der Waals surface area contributed by atoms with Crippen LogP contribution in [0.1, 0.15) is 309 Å². The number of rotatable bonds is 67. The molecule has 1 N–H and O–H groups in total. The lowest BCUT2D eigenvalue weighted by Gasteiger charge is -2.15. The molecule has 0 amide bonds. The molecular formula is C87H138O5. The number of esters is 2. The van der Waals surface area contributed by atoms with Crippen molar-refractivity contribution in [1.29, 1.82) is 0 Å². The van der Waals surface area contributed by atoms with Crippen LogP contribution in [0.2, 0.25) is 0 Å². The second-order valence-corrected chi connectivity index (χ2v) is 24.3. The van der Waals surface area contributed by atoms with E-state index in [1.807, 2.05) is 0 Å². The molecule has 0 rings (SSSR count). The summed E-state index contributed by atoms with van der Waals surface area (Å²) < 4.78 is 10.7. The van der Waals surface area contributed by atoms with Gasteiger partial charge in [0.1, 0.15) is 6.61 Å². The molecule has 516 valence electrons. The van der Waals surface area contributed by atoms with Crippen LogP contribution in [0.15, 0.2) is 207 Å². The average Bonchev–Trinajstić information content (AvgIpc) is 3.64. The molecule has 0 radical (unpaired) electrons. The molecule has 0 aromatic carbocycles. The third-order valence-electron chi connectivity index (χ3n) is 15.6. The van der Waals surface area contributed by atoms with Crippen molar-refractivity contribution in [2.24, 2.45) is 0 Å². The van der Waals surface area contributed by atoms with Crippen LogP contribution in [0, 0.1) is 0 Å². The fourth-order valence-corrected chi connectivity index (χ4v) is 10.0. The summed E-state index contributed by atoms with van der Waals surface area (Å²) in [7, 11) is 0. The van der Waals surface area contributed by atoms with Gasteiger partial charge in [0.05, 0.1) is 6.61 Å². The Labute approximate surface area is 568 Å². The second kappa shape index (κ2) is 79.7. The minimum atomic E-state index is -0.801. The zero-order valence-corrected chi connectivity index (χ0v) is 59.2. The SMILES string of the molecule is CC/C=C\C/C=C\C/C=C\C/C=C\C/C=C\C/C=C\C/C=C\C/C=C\C/C=C\C/C=C\C/C=C\C/C=C\CCCCCCC(=O)OC(CO)COC(=O)CCCCCCCCCCCCCCCCCCCCCCC/C=C\C/C=C\C/C=C\C/C=C\C/C=C\CC. The largest absolute Gasteiger partial charge is 0.462 e. The van der Waals surface area contributed by atoms with Gasteiger partial charge in [0, 0.05) is 12.8 Å². The van der Waals surface area contributed by atoms with Gasteiger partial charge < -0.3 is 14.6 Å². The normalized spacial score (nSPS) is 13.5. The first-order valence-corrected chi connectivity index (χ1v) is 37.6. The lowest BCUT2D eigenvalue weighted by atomic mass is 10.0. The van der Waals surface area contributed by atoms with Crippen molar-refractivity contribution in [2.75, 3.05) is 13.2 Å². The summed E-state index contributed by atoms with van der Waals surface area (Å²) in [4.78, 5) is 24.7. The van der Waals surface area contributed by atoms with Crippen LogP contribution < -0.4 is 0 Å². The number of carbonyl (C=O) groups is 2. The molecule has 5 heteroatoms. The molecule has 0 aliphatic carbocycles. The summed E-state index contributed by atoms with van der Waals surface area (Å²) in [6.45, 7) is 3.90. The summed E-state index contributed by atoms with van der Waals surface area (Å²) >= 11 is 0. The molecule has 1 unspecified atom stereocenters. The number of ether oxygens (including phenoxy) is 2. The van der Waals surface area contributed by atoms with Gasteiger partial charge in [0.25, 0.3) is 0 Å². The first kappa shape index (κ1) is 86.5. The van der Waals surface area contributed by atoms with Crippen LogP contribution in [0.5, 0.6) is 0 Å². The summed E-state index contributed by atoms with van der Waals surface area (Å²) in [6.07, 6.45) is 127. The van der Waals surface area contributed by atoms with Gasteiger partial charge in [-0.15, -0.1) is 0 Å². The molecule has 0 spiro atoms. The summed E-state index contributed by atoms with van der Waals surface area (Å²) in [5.74, 6) is -0.623. The standard InChI is InChI=1S/C87H138O5/c1-3-5-7-9-11-13-15-17-19-21-23-25-27-29-31-33-35-37-39-41-42-43-44-46-48-50-52-54-56-58-60-62-64-66-68-70-72-74-76-78-80-82-87(90)92-85(83-88)84-91-86(89)81-79-77-75-73-71-69-67-65-63-61-59-57-55-53-51-49-47-45-40-38-36-34-32-30-28-26-24-22-20-18-16-14-12-10-8-6-4-2/h5-8,11-14,17-20,23-26,29-32,35,37,41-42,44,46,50,52,56,58,62,64,68,70,85,88H,3-4,9-10,15-16,21-22,27-28,33-34,36,38-40,43,45,47-49,51,53-55,57,59-61,63,65-67,69,71-84H2,1-2H3/b7-5-,8-6-,13-11-,14-12-,19-17-,20-18-,25-23-,26-24-,31-29-,32-30-,37-35-,42-41-,46-44-,52-50-,58-56-,64-62-,70-68-. The molecule has 1 atom stereocenters. The molecule has 0 aromatic heterocycles. The lowest BCUT2D eigenvalue weighted by molar-refractivity contribution is -0.161. The van der Waals surface area contributed by atoms with Gasteiger partial charge >= 0.3 is 11.9 Å². The number of hydrogen-bond acceptors (Lipinski definition) is 5. The number of hydrogen-bond donors (Lipinski definition) is 1. The Morgan fingerprint density at radius 2 is 0.435 bits per heavy atom. The van der Waals surface area contributed by atoms with E-state index in [4.69, 9.17) is 9.47 Å². The molecule has 0 aromatic rings. The van der Waals surface area contributed by atoms with E-state index in [1.54, 1.807) is 0 Å². The average molecular weight is 1260 g/mol. The Morgan fingerprint density at radius 1 is 0.250 bits per heavy atom. The van der Waals surface area contributed by atoms with E-state index >= 15 is 0 Å². The van der Waals surface area contributed by atoms with Crippen LogP contribution in [0.3, 0.4) is 0 Å². The van der Waals surface area contributed by atoms with Crippen LogP contribution in [-0.2, 0) is 19.1 Å². The highest BCUT2D eigenvalue weighted by Gasteiger charge is 2.16. The van der Waals surface area contributed by atoms with Gasteiger partial charge in [-0.25, -0.2) is 0 Å². The number of aliphatic hydroxyl groups is 1. The maximum Gasteiger partial charge on any atom is 0.306 e. The number of aliphatic hydroxyl groups excluding tert-OH is 1. The lowest BCUT2D eigenvalue weighted by Crippen LogP contribution is -2.28. The van der Waals surface area contributed by atoms with E-state index in [0.717, 1.165) is 161 Å². The third-order valence-corrected chi connectivity index (χ3v) is 15.6.